The van der Waals surface area contributed by atoms with Crippen LogP contribution in [-0.2, 0) is 11.3 Å². The topological polar surface area (TPSA) is 21.3 Å². The zero-order chi connectivity index (χ0) is 12.8. The van der Waals surface area contributed by atoms with Crippen LogP contribution in [0.1, 0.15) is 31.2 Å². The lowest BCUT2D eigenvalue weighted by Crippen LogP contribution is -2.25. The Morgan fingerprint density at radius 1 is 1.17 bits per heavy atom. The Labute approximate surface area is 106 Å². The molecule has 2 rings (SSSR count). The molecule has 1 aromatic carbocycles. The lowest BCUT2D eigenvalue weighted by atomic mass is 10.1. The third-order valence-electron chi connectivity index (χ3n) is 3.17. The van der Waals surface area contributed by atoms with E-state index in [2.05, 4.69) is 5.32 Å². The van der Waals surface area contributed by atoms with E-state index < -0.39 is 11.6 Å². The van der Waals surface area contributed by atoms with Gasteiger partial charge in [-0.25, -0.2) is 8.78 Å². The van der Waals surface area contributed by atoms with Crippen molar-refractivity contribution in [1.29, 1.82) is 0 Å². The normalized spacial score (nSPS) is 20.0. The van der Waals surface area contributed by atoms with Gasteiger partial charge in [-0.3, -0.25) is 0 Å². The second kappa shape index (κ2) is 6.81. The Morgan fingerprint density at radius 3 is 2.61 bits per heavy atom. The van der Waals surface area contributed by atoms with Crippen molar-refractivity contribution in [3.05, 3.63) is 35.4 Å². The van der Waals surface area contributed by atoms with E-state index in [1.54, 1.807) is 0 Å². The molecular weight excluding hydrogens is 236 g/mol. The van der Waals surface area contributed by atoms with Gasteiger partial charge in [-0.05, 0) is 49.9 Å². The van der Waals surface area contributed by atoms with Gasteiger partial charge in [-0.1, -0.05) is 0 Å². The van der Waals surface area contributed by atoms with Crippen LogP contribution in [0.5, 0.6) is 0 Å². The van der Waals surface area contributed by atoms with E-state index in [9.17, 15) is 8.78 Å². The van der Waals surface area contributed by atoms with Crippen LogP contribution >= 0.6 is 0 Å². The Morgan fingerprint density at radius 2 is 1.94 bits per heavy atom. The summed E-state index contributed by atoms with van der Waals surface area (Å²) in [5, 5.41) is 3.19. The van der Waals surface area contributed by atoms with Gasteiger partial charge in [-0.2, -0.15) is 0 Å². The molecule has 0 radical (unpaired) electrons. The van der Waals surface area contributed by atoms with Gasteiger partial charge >= 0.3 is 0 Å². The van der Waals surface area contributed by atoms with Gasteiger partial charge in [0.15, 0.2) is 0 Å². The summed E-state index contributed by atoms with van der Waals surface area (Å²) in [6, 6.07) is 3.60. The Kier molecular flexibility index (Phi) is 5.08. The summed E-state index contributed by atoms with van der Waals surface area (Å²) in [6.07, 6.45) is 4.82. The third kappa shape index (κ3) is 4.35. The summed E-state index contributed by atoms with van der Waals surface area (Å²) >= 11 is 0. The molecule has 0 saturated carbocycles. The van der Waals surface area contributed by atoms with Crippen LogP contribution in [0.15, 0.2) is 18.2 Å². The van der Waals surface area contributed by atoms with Crippen molar-refractivity contribution in [2.45, 2.75) is 38.3 Å². The van der Waals surface area contributed by atoms with E-state index in [0.29, 0.717) is 18.2 Å². The highest BCUT2D eigenvalue weighted by molar-refractivity contribution is 5.17. The van der Waals surface area contributed by atoms with E-state index in [1.807, 2.05) is 0 Å². The Balaban J connectivity index is 1.68. The van der Waals surface area contributed by atoms with Gasteiger partial charge in [0.25, 0.3) is 0 Å². The van der Waals surface area contributed by atoms with Crippen molar-refractivity contribution in [2.75, 3.05) is 13.2 Å². The minimum Gasteiger partial charge on any atom is -0.378 e. The van der Waals surface area contributed by atoms with Crippen LogP contribution in [0.3, 0.4) is 0 Å². The number of hydrogen-bond donors (Lipinski definition) is 1. The zero-order valence-corrected chi connectivity index (χ0v) is 10.4. The fourth-order valence-corrected chi connectivity index (χ4v) is 2.24. The van der Waals surface area contributed by atoms with Crippen molar-refractivity contribution in [3.63, 3.8) is 0 Å². The molecule has 0 bridgehead atoms. The van der Waals surface area contributed by atoms with E-state index in [1.165, 1.54) is 18.6 Å². The largest absolute Gasteiger partial charge is 0.378 e. The molecule has 1 unspecified atom stereocenters. The second-order valence-electron chi connectivity index (χ2n) is 4.73. The number of hydrogen-bond acceptors (Lipinski definition) is 2. The van der Waals surface area contributed by atoms with Gasteiger partial charge in [0.1, 0.15) is 11.6 Å². The highest BCUT2D eigenvalue weighted by Gasteiger charge is 2.12. The maximum atomic E-state index is 12.9. The molecule has 1 aromatic rings. The molecule has 1 aliphatic heterocycles. The van der Waals surface area contributed by atoms with E-state index in [4.69, 9.17) is 4.74 Å². The Hall–Kier alpha value is -1.00. The number of halogens is 2. The molecule has 1 aliphatic rings. The molecule has 1 N–H and O–H groups in total. The molecule has 0 spiro atoms. The lowest BCUT2D eigenvalue weighted by molar-refractivity contribution is 0.0115. The first-order valence-corrected chi connectivity index (χ1v) is 6.51. The zero-order valence-electron chi connectivity index (χ0n) is 10.4. The predicted octanol–water partition coefficient (Wildman–Crippen LogP) is 3.01. The molecule has 1 saturated heterocycles. The molecule has 100 valence electrons. The number of benzene rings is 1. The van der Waals surface area contributed by atoms with E-state index >= 15 is 0 Å². The van der Waals surface area contributed by atoms with Crippen molar-refractivity contribution in [1.82, 2.24) is 5.32 Å². The molecule has 0 aromatic heterocycles. The second-order valence-corrected chi connectivity index (χ2v) is 4.73. The average molecular weight is 255 g/mol. The fourth-order valence-electron chi connectivity index (χ4n) is 2.24. The van der Waals surface area contributed by atoms with Gasteiger partial charge in [0, 0.05) is 19.2 Å². The number of ether oxygens (including phenoxy) is 1. The summed E-state index contributed by atoms with van der Waals surface area (Å²) in [5.41, 5.74) is 0.636. The third-order valence-corrected chi connectivity index (χ3v) is 3.17. The van der Waals surface area contributed by atoms with E-state index in [-0.39, 0.29) is 0 Å². The van der Waals surface area contributed by atoms with Crippen LogP contribution in [0.4, 0.5) is 8.78 Å². The summed E-state index contributed by atoms with van der Waals surface area (Å²) in [5.74, 6) is -1.05. The van der Waals surface area contributed by atoms with Crippen molar-refractivity contribution in [3.8, 4) is 0 Å². The molecule has 2 nitrogen and oxygen atoms in total. The smallest absolute Gasteiger partial charge is 0.126 e. The number of nitrogens with one attached hydrogen (secondary N) is 1. The highest BCUT2D eigenvalue weighted by atomic mass is 19.1. The lowest BCUT2D eigenvalue weighted by Gasteiger charge is -2.22. The van der Waals surface area contributed by atoms with Crippen molar-refractivity contribution < 1.29 is 13.5 Å². The Bertz CT molecular complexity index is 358. The molecule has 1 heterocycles. The van der Waals surface area contributed by atoms with Gasteiger partial charge < -0.3 is 10.1 Å². The monoisotopic (exact) mass is 255 g/mol. The fraction of sp³-hybridized carbons (Fsp3) is 0.571. The minimum absolute atomic E-state index is 0.343. The van der Waals surface area contributed by atoms with Gasteiger partial charge in [0.2, 0.25) is 0 Å². The first kappa shape index (κ1) is 13.4. The van der Waals surface area contributed by atoms with E-state index in [0.717, 1.165) is 38.5 Å². The van der Waals surface area contributed by atoms with Crippen molar-refractivity contribution in [2.24, 2.45) is 0 Å². The quantitative estimate of drug-likeness (QED) is 0.817. The first-order valence-electron chi connectivity index (χ1n) is 6.51. The van der Waals surface area contributed by atoms with Crippen molar-refractivity contribution >= 4 is 0 Å². The maximum absolute atomic E-state index is 12.9. The standard InChI is InChI=1S/C14H19F2NO/c15-12-7-11(8-13(16)9-12)10-17-5-4-14-3-1-2-6-18-14/h7-9,14,17H,1-6,10H2. The van der Waals surface area contributed by atoms with Crippen LogP contribution in [-0.4, -0.2) is 19.3 Å². The van der Waals surface area contributed by atoms with Crippen LogP contribution < -0.4 is 5.32 Å². The molecule has 1 fully saturated rings. The molecule has 18 heavy (non-hydrogen) atoms. The predicted molar refractivity (Wildman–Crippen MR) is 66.3 cm³/mol. The first-order chi connectivity index (χ1) is 8.74. The summed E-state index contributed by atoms with van der Waals surface area (Å²) in [6.45, 7) is 2.16. The summed E-state index contributed by atoms with van der Waals surface area (Å²) in [4.78, 5) is 0. The SMILES string of the molecule is Fc1cc(F)cc(CNCCC2CCCCO2)c1. The van der Waals surface area contributed by atoms with Crippen LogP contribution in [0.25, 0.3) is 0 Å². The summed E-state index contributed by atoms with van der Waals surface area (Å²) < 4.78 is 31.5. The van der Waals surface area contributed by atoms with Gasteiger partial charge in [-0.15, -0.1) is 0 Å². The molecule has 0 amide bonds. The molecule has 0 aliphatic carbocycles. The average Bonchev–Trinajstić information content (AvgIpc) is 2.35. The number of rotatable bonds is 5. The summed E-state index contributed by atoms with van der Waals surface area (Å²) in [7, 11) is 0. The van der Waals surface area contributed by atoms with Crippen LogP contribution in [0, 0.1) is 11.6 Å². The molecule has 1 atom stereocenters. The molecular formula is C14H19F2NO. The highest BCUT2D eigenvalue weighted by Crippen LogP contribution is 2.15. The maximum Gasteiger partial charge on any atom is 0.126 e. The van der Waals surface area contributed by atoms with Gasteiger partial charge in [0.05, 0.1) is 6.10 Å². The minimum atomic E-state index is -0.526. The van der Waals surface area contributed by atoms with Crippen LogP contribution in [0.2, 0.25) is 0 Å². The molecule has 4 heteroatoms.